The molecule has 0 N–H and O–H groups in total. The van der Waals surface area contributed by atoms with E-state index < -0.39 is 10.1 Å². The maximum Gasteiger partial charge on any atom is 0.334 e. The number of hydrogen-bond donors (Lipinski definition) is 0. The zero-order valence-corrected chi connectivity index (χ0v) is 11.3. The van der Waals surface area contributed by atoms with Crippen molar-refractivity contribution in [1.82, 2.24) is 4.90 Å². The van der Waals surface area contributed by atoms with Crippen LogP contribution in [0.4, 0.5) is 0 Å². The van der Waals surface area contributed by atoms with E-state index >= 15 is 0 Å². The molecule has 2 aliphatic heterocycles. The first-order valence-electron chi connectivity index (χ1n) is 6.79. The summed E-state index contributed by atoms with van der Waals surface area (Å²) in [5.41, 5.74) is 2.05. The average Bonchev–Trinajstić information content (AvgIpc) is 2.38. The molecule has 0 saturated carbocycles. The summed E-state index contributed by atoms with van der Waals surface area (Å²) in [5, 5.41) is 1.34. The summed E-state index contributed by atoms with van der Waals surface area (Å²) in [6, 6.07) is 0. The van der Waals surface area contributed by atoms with Crippen molar-refractivity contribution in [3.05, 3.63) is 22.4 Å². The highest BCUT2D eigenvalue weighted by atomic mass is 32.2. The molecule has 100 valence electrons. The maximum atomic E-state index is 11.8. The molecule has 0 radical (unpaired) electrons. The predicted molar refractivity (Wildman–Crippen MR) is 69.0 cm³/mol. The third-order valence-electron chi connectivity index (χ3n) is 3.90. The Morgan fingerprint density at radius 1 is 1.00 bits per heavy atom. The van der Waals surface area contributed by atoms with E-state index in [2.05, 4.69) is 4.90 Å². The third-order valence-corrected chi connectivity index (χ3v) is 4.84. The van der Waals surface area contributed by atoms with Gasteiger partial charge in [0.1, 0.15) is 5.76 Å². The lowest BCUT2D eigenvalue weighted by molar-refractivity contribution is 0.277. The Kier molecular flexibility index (Phi) is 3.09. The normalized spacial score (nSPS) is 27.3. The van der Waals surface area contributed by atoms with Gasteiger partial charge < -0.3 is 9.08 Å². The molecule has 0 aromatic rings. The second-order valence-corrected chi connectivity index (χ2v) is 6.62. The Bertz CT molecular complexity index is 498. The van der Waals surface area contributed by atoms with Crippen molar-refractivity contribution in [2.45, 2.75) is 44.9 Å². The summed E-state index contributed by atoms with van der Waals surface area (Å²) in [4.78, 5) is 2.23. The number of rotatable bonds is 1. The molecule has 4 nitrogen and oxygen atoms in total. The summed E-state index contributed by atoms with van der Waals surface area (Å²) in [6.07, 6.45) is 7.43. The van der Waals surface area contributed by atoms with E-state index in [0.717, 1.165) is 62.9 Å². The quantitative estimate of drug-likeness (QED) is 0.686. The van der Waals surface area contributed by atoms with Crippen LogP contribution in [0.25, 0.3) is 0 Å². The number of hydrogen-bond acceptors (Lipinski definition) is 4. The maximum absolute atomic E-state index is 11.8. The molecule has 1 aliphatic carbocycles. The first-order chi connectivity index (χ1) is 8.66. The van der Waals surface area contributed by atoms with E-state index in [0.29, 0.717) is 5.76 Å². The Hall–Kier alpha value is -0.970. The fraction of sp³-hybridized carbons (Fsp3) is 0.692. The molecule has 3 rings (SSSR count). The van der Waals surface area contributed by atoms with Crippen molar-refractivity contribution >= 4 is 10.1 Å². The van der Waals surface area contributed by atoms with Crippen LogP contribution in [-0.2, 0) is 14.3 Å². The van der Waals surface area contributed by atoms with E-state index in [1.807, 2.05) is 0 Å². The molecule has 0 aromatic carbocycles. The standard InChI is InChI=1S/C13H19NO3S/c15-18(16)10-12(14-8-4-1-5-9-14)11-6-2-3-7-13(11)17-18/h10H,1-9H2. The smallest absolute Gasteiger partial charge is 0.334 e. The fourth-order valence-corrected chi connectivity index (χ4v) is 4.09. The van der Waals surface area contributed by atoms with Gasteiger partial charge in [0, 0.05) is 25.1 Å². The number of nitrogens with zero attached hydrogens (tertiary/aromatic N) is 1. The van der Waals surface area contributed by atoms with Gasteiger partial charge in [0.15, 0.2) is 0 Å². The molecule has 2 heterocycles. The van der Waals surface area contributed by atoms with Gasteiger partial charge in [-0.3, -0.25) is 0 Å². The number of piperidine rings is 1. The Balaban J connectivity index is 1.97. The van der Waals surface area contributed by atoms with Crippen LogP contribution >= 0.6 is 0 Å². The van der Waals surface area contributed by atoms with Crippen LogP contribution in [0, 0.1) is 0 Å². The number of allylic oxidation sites excluding steroid dienone is 2. The van der Waals surface area contributed by atoms with Crippen molar-refractivity contribution < 1.29 is 12.6 Å². The van der Waals surface area contributed by atoms with Gasteiger partial charge in [-0.25, -0.2) is 0 Å². The minimum Gasteiger partial charge on any atom is -0.383 e. The second kappa shape index (κ2) is 4.61. The summed E-state index contributed by atoms with van der Waals surface area (Å²) >= 11 is 0. The molecule has 18 heavy (non-hydrogen) atoms. The Morgan fingerprint density at radius 2 is 1.72 bits per heavy atom. The highest BCUT2D eigenvalue weighted by Gasteiger charge is 2.30. The third kappa shape index (κ3) is 2.28. The molecular formula is C13H19NO3S. The van der Waals surface area contributed by atoms with Crippen LogP contribution < -0.4 is 0 Å². The minimum absolute atomic E-state index is 0.698. The lowest BCUT2D eigenvalue weighted by Crippen LogP contribution is -2.33. The SMILES string of the molecule is O=S1(=O)C=C(N2CCCCC2)C2=C(CCCC2)O1. The van der Waals surface area contributed by atoms with Gasteiger partial charge in [-0.2, -0.15) is 8.42 Å². The summed E-state index contributed by atoms with van der Waals surface area (Å²) in [5.74, 6) is 0.698. The predicted octanol–water partition coefficient (Wildman–Crippen LogP) is 2.50. The van der Waals surface area contributed by atoms with Gasteiger partial charge in [0.05, 0.1) is 11.1 Å². The molecule has 1 fully saturated rings. The van der Waals surface area contributed by atoms with E-state index in [-0.39, 0.29) is 0 Å². The van der Waals surface area contributed by atoms with Crippen LogP contribution in [0.1, 0.15) is 44.9 Å². The van der Waals surface area contributed by atoms with Crippen LogP contribution in [0.5, 0.6) is 0 Å². The Labute approximate surface area is 108 Å². The van der Waals surface area contributed by atoms with Gasteiger partial charge in [0.2, 0.25) is 0 Å². The topological polar surface area (TPSA) is 46.6 Å². The van der Waals surface area contributed by atoms with Gasteiger partial charge in [0.25, 0.3) is 0 Å². The minimum atomic E-state index is -3.51. The largest absolute Gasteiger partial charge is 0.383 e. The van der Waals surface area contributed by atoms with Crippen LogP contribution in [0.3, 0.4) is 0 Å². The van der Waals surface area contributed by atoms with E-state index in [4.69, 9.17) is 4.18 Å². The van der Waals surface area contributed by atoms with Gasteiger partial charge in [-0.15, -0.1) is 0 Å². The molecule has 0 aromatic heterocycles. The van der Waals surface area contributed by atoms with Crippen LogP contribution in [0.15, 0.2) is 22.4 Å². The average molecular weight is 269 g/mol. The van der Waals surface area contributed by atoms with Crippen LogP contribution in [-0.4, -0.2) is 26.4 Å². The Morgan fingerprint density at radius 3 is 2.50 bits per heavy atom. The van der Waals surface area contributed by atoms with E-state index in [9.17, 15) is 8.42 Å². The molecule has 0 bridgehead atoms. The van der Waals surface area contributed by atoms with Crippen LogP contribution in [0.2, 0.25) is 0 Å². The zero-order chi connectivity index (χ0) is 12.6. The van der Waals surface area contributed by atoms with Gasteiger partial charge in [-0.05, 0) is 38.5 Å². The lowest BCUT2D eigenvalue weighted by Gasteiger charge is -2.35. The molecule has 3 aliphatic rings. The van der Waals surface area contributed by atoms with Crippen molar-refractivity contribution in [3.63, 3.8) is 0 Å². The van der Waals surface area contributed by atoms with E-state index in [1.165, 1.54) is 11.8 Å². The summed E-state index contributed by atoms with van der Waals surface area (Å²) in [6.45, 7) is 1.94. The molecule has 5 heteroatoms. The molecule has 0 atom stereocenters. The summed E-state index contributed by atoms with van der Waals surface area (Å²) < 4.78 is 28.7. The molecule has 1 saturated heterocycles. The fourth-order valence-electron chi connectivity index (χ4n) is 3.01. The van der Waals surface area contributed by atoms with Crippen molar-refractivity contribution in [2.24, 2.45) is 0 Å². The second-order valence-electron chi connectivity index (χ2n) is 5.24. The molecule has 0 spiro atoms. The van der Waals surface area contributed by atoms with Crippen molar-refractivity contribution in [2.75, 3.05) is 13.1 Å². The summed E-state index contributed by atoms with van der Waals surface area (Å²) in [7, 11) is -3.51. The van der Waals surface area contributed by atoms with E-state index in [1.54, 1.807) is 0 Å². The highest BCUT2D eigenvalue weighted by molar-refractivity contribution is 7.89. The molecule has 0 unspecified atom stereocenters. The lowest BCUT2D eigenvalue weighted by atomic mass is 9.94. The van der Waals surface area contributed by atoms with Gasteiger partial charge in [-0.1, -0.05) is 0 Å². The molecular weight excluding hydrogens is 250 g/mol. The number of likely N-dealkylation sites (tertiary alicyclic amines) is 1. The molecule has 0 amide bonds. The van der Waals surface area contributed by atoms with Crippen molar-refractivity contribution in [1.29, 1.82) is 0 Å². The highest BCUT2D eigenvalue weighted by Crippen LogP contribution is 2.37. The monoisotopic (exact) mass is 269 g/mol. The zero-order valence-electron chi connectivity index (χ0n) is 10.5. The first kappa shape index (κ1) is 12.1. The van der Waals surface area contributed by atoms with Gasteiger partial charge >= 0.3 is 10.1 Å². The van der Waals surface area contributed by atoms with Crippen molar-refractivity contribution in [3.8, 4) is 0 Å². The first-order valence-corrected chi connectivity index (χ1v) is 8.26.